The van der Waals surface area contributed by atoms with E-state index in [1.807, 2.05) is 17.5 Å². The maximum absolute atomic E-state index is 12.8. The quantitative estimate of drug-likeness (QED) is 0.741. The van der Waals surface area contributed by atoms with Crippen molar-refractivity contribution in [3.63, 3.8) is 0 Å². The van der Waals surface area contributed by atoms with Crippen LogP contribution in [0.25, 0.3) is 5.65 Å². The molecule has 0 aromatic carbocycles. The summed E-state index contributed by atoms with van der Waals surface area (Å²) in [6, 6.07) is 8.71. The van der Waals surface area contributed by atoms with Crippen molar-refractivity contribution in [2.24, 2.45) is 0 Å². The Bertz CT molecular complexity index is 902. The van der Waals surface area contributed by atoms with Crippen LogP contribution in [0, 0.1) is 0 Å². The first kappa shape index (κ1) is 15.2. The lowest BCUT2D eigenvalue weighted by Gasteiger charge is -2.15. The summed E-state index contributed by atoms with van der Waals surface area (Å²) in [6.07, 6.45) is 1.54. The lowest BCUT2D eigenvalue weighted by atomic mass is 9.95. The number of carbonyl (C=O) groups excluding carboxylic acids is 1. The molecular weight excluding hydrogens is 316 g/mol. The number of hydrogen-bond acceptors (Lipinski definition) is 6. The van der Waals surface area contributed by atoms with E-state index in [-0.39, 0.29) is 17.9 Å². The van der Waals surface area contributed by atoms with Gasteiger partial charge in [0.2, 0.25) is 5.88 Å². The van der Waals surface area contributed by atoms with Gasteiger partial charge in [0.05, 0.1) is 19.1 Å². The molecule has 1 unspecified atom stereocenters. The van der Waals surface area contributed by atoms with Crippen molar-refractivity contribution in [2.75, 3.05) is 7.11 Å². The summed E-state index contributed by atoms with van der Waals surface area (Å²) in [5.41, 5.74) is 0.0544. The number of pyridine rings is 1. The van der Waals surface area contributed by atoms with Crippen molar-refractivity contribution in [3.05, 3.63) is 62.7 Å². The minimum absolute atomic E-state index is 0.0413. The summed E-state index contributed by atoms with van der Waals surface area (Å²) >= 11 is 1.41. The molecule has 0 aliphatic rings. The third-order valence-corrected chi connectivity index (χ3v) is 4.57. The van der Waals surface area contributed by atoms with Crippen LogP contribution >= 0.6 is 11.3 Å². The topological polar surface area (TPSA) is 80.9 Å². The number of aromatic hydroxyl groups is 1. The molecule has 0 bridgehead atoms. The first-order chi connectivity index (χ1) is 11.1. The first-order valence-electron chi connectivity index (χ1n) is 6.92. The van der Waals surface area contributed by atoms with Crippen LogP contribution in [0.1, 0.15) is 22.8 Å². The van der Waals surface area contributed by atoms with Crippen LogP contribution in [-0.4, -0.2) is 27.6 Å². The molecule has 3 rings (SSSR count). The predicted octanol–water partition coefficient (Wildman–Crippen LogP) is 2.16. The highest BCUT2D eigenvalue weighted by molar-refractivity contribution is 7.10. The molecule has 3 heterocycles. The molecule has 0 saturated heterocycles. The fourth-order valence-corrected chi connectivity index (χ4v) is 3.32. The van der Waals surface area contributed by atoms with Gasteiger partial charge in [0.25, 0.3) is 5.56 Å². The van der Waals surface area contributed by atoms with Crippen molar-refractivity contribution in [1.82, 2.24) is 9.38 Å². The van der Waals surface area contributed by atoms with E-state index < -0.39 is 17.4 Å². The Balaban J connectivity index is 2.21. The molecule has 7 heteroatoms. The zero-order valence-electron chi connectivity index (χ0n) is 12.3. The average molecular weight is 330 g/mol. The number of ether oxygens (including phenoxy) is 1. The number of aromatic nitrogens is 2. The number of carbonyl (C=O) groups is 1. The molecule has 3 aromatic heterocycles. The largest absolute Gasteiger partial charge is 0.493 e. The molecule has 0 spiro atoms. The standard InChI is InChI=1S/C16H14N2O4S/c1-22-13(19)9-10(11-5-4-8-23-11)14-15(20)17-12-6-2-3-7-18(12)16(14)21/h2-8,10,20H,9H2,1H3. The monoisotopic (exact) mass is 330 g/mol. The number of fused-ring (bicyclic) bond motifs is 1. The van der Waals surface area contributed by atoms with Crippen LogP contribution in [0.15, 0.2) is 46.7 Å². The molecular formula is C16H14N2O4S. The number of esters is 1. The van der Waals surface area contributed by atoms with Crippen molar-refractivity contribution < 1.29 is 14.6 Å². The summed E-state index contributed by atoms with van der Waals surface area (Å²) in [5.74, 6) is -1.41. The highest BCUT2D eigenvalue weighted by Crippen LogP contribution is 2.33. The molecule has 23 heavy (non-hydrogen) atoms. The fourth-order valence-electron chi connectivity index (χ4n) is 2.48. The summed E-state index contributed by atoms with van der Waals surface area (Å²) in [5, 5.41) is 12.1. The normalized spacial score (nSPS) is 12.2. The van der Waals surface area contributed by atoms with E-state index in [0.29, 0.717) is 5.65 Å². The summed E-state index contributed by atoms with van der Waals surface area (Å²) < 4.78 is 6.08. The number of methoxy groups -OCH3 is 1. The van der Waals surface area contributed by atoms with Crippen LogP contribution in [-0.2, 0) is 9.53 Å². The van der Waals surface area contributed by atoms with Crippen LogP contribution in [0.2, 0.25) is 0 Å². The number of nitrogens with zero attached hydrogens (tertiary/aromatic N) is 2. The SMILES string of the molecule is COC(=O)CC(c1cccs1)c1c(O)nc2ccccn2c1=O. The second-order valence-corrected chi connectivity index (χ2v) is 5.91. The minimum atomic E-state index is -0.598. The van der Waals surface area contributed by atoms with Gasteiger partial charge in [0.1, 0.15) is 5.65 Å². The Morgan fingerprint density at radius 2 is 2.22 bits per heavy atom. The molecule has 1 atom stereocenters. The van der Waals surface area contributed by atoms with Crippen molar-refractivity contribution in [1.29, 1.82) is 0 Å². The van der Waals surface area contributed by atoms with Gasteiger partial charge in [-0.25, -0.2) is 0 Å². The molecule has 3 aromatic rings. The van der Waals surface area contributed by atoms with E-state index in [2.05, 4.69) is 4.98 Å². The Morgan fingerprint density at radius 1 is 1.39 bits per heavy atom. The van der Waals surface area contributed by atoms with Gasteiger partial charge < -0.3 is 9.84 Å². The number of rotatable bonds is 4. The molecule has 1 N–H and O–H groups in total. The smallest absolute Gasteiger partial charge is 0.306 e. The molecule has 0 fully saturated rings. The van der Waals surface area contributed by atoms with Gasteiger partial charge in [-0.1, -0.05) is 12.1 Å². The molecule has 0 saturated carbocycles. The van der Waals surface area contributed by atoms with Gasteiger partial charge >= 0.3 is 5.97 Å². The Labute approximate surface area is 135 Å². The van der Waals surface area contributed by atoms with Crippen molar-refractivity contribution >= 4 is 23.0 Å². The van der Waals surface area contributed by atoms with Gasteiger partial charge in [0, 0.05) is 17.0 Å². The van der Waals surface area contributed by atoms with Crippen LogP contribution < -0.4 is 5.56 Å². The van der Waals surface area contributed by atoms with Crippen molar-refractivity contribution in [3.8, 4) is 5.88 Å². The first-order valence-corrected chi connectivity index (χ1v) is 7.80. The van der Waals surface area contributed by atoms with Gasteiger partial charge in [-0.15, -0.1) is 11.3 Å². The van der Waals surface area contributed by atoms with E-state index >= 15 is 0 Å². The van der Waals surface area contributed by atoms with Crippen LogP contribution in [0.3, 0.4) is 0 Å². The Morgan fingerprint density at radius 3 is 2.91 bits per heavy atom. The van der Waals surface area contributed by atoms with Gasteiger partial charge in [0.15, 0.2) is 0 Å². The second-order valence-electron chi connectivity index (χ2n) is 4.93. The van der Waals surface area contributed by atoms with Gasteiger partial charge in [-0.2, -0.15) is 4.98 Å². The fraction of sp³-hybridized carbons (Fsp3) is 0.188. The summed E-state index contributed by atoms with van der Waals surface area (Å²) in [4.78, 5) is 29.4. The maximum atomic E-state index is 12.8. The van der Waals surface area contributed by atoms with Crippen LogP contribution in [0.4, 0.5) is 0 Å². The zero-order chi connectivity index (χ0) is 16.4. The molecule has 0 aliphatic carbocycles. The highest BCUT2D eigenvalue weighted by Gasteiger charge is 2.27. The third-order valence-electron chi connectivity index (χ3n) is 3.58. The lowest BCUT2D eigenvalue weighted by Crippen LogP contribution is -2.24. The van der Waals surface area contributed by atoms with Crippen LogP contribution in [0.5, 0.6) is 5.88 Å². The van der Waals surface area contributed by atoms with E-state index in [1.165, 1.54) is 22.8 Å². The average Bonchev–Trinajstić information content (AvgIpc) is 3.08. The van der Waals surface area contributed by atoms with E-state index in [1.54, 1.807) is 24.4 Å². The van der Waals surface area contributed by atoms with E-state index in [4.69, 9.17) is 4.74 Å². The van der Waals surface area contributed by atoms with Crippen molar-refractivity contribution in [2.45, 2.75) is 12.3 Å². The summed E-state index contributed by atoms with van der Waals surface area (Å²) in [6.45, 7) is 0. The third kappa shape index (κ3) is 2.83. The molecule has 0 amide bonds. The molecule has 0 aliphatic heterocycles. The number of hydrogen-bond donors (Lipinski definition) is 1. The lowest BCUT2D eigenvalue weighted by molar-refractivity contribution is -0.140. The highest BCUT2D eigenvalue weighted by atomic mass is 32.1. The Kier molecular flexibility index (Phi) is 4.12. The molecule has 6 nitrogen and oxygen atoms in total. The van der Waals surface area contributed by atoms with Gasteiger partial charge in [-0.3, -0.25) is 14.0 Å². The second kappa shape index (κ2) is 6.21. The maximum Gasteiger partial charge on any atom is 0.306 e. The minimum Gasteiger partial charge on any atom is -0.493 e. The van der Waals surface area contributed by atoms with E-state index in [0.717, 1.165) is 4.88 Å². The zero-order valence-corrected chi connectivity index (χ0v) is 13.1. The molecule has 118 valence electrons. The molecule has 0 radical (unpaired) electrons. The predicted molar refractivity (Wildman–Crippen MR) is 85.9 cm³/mol. The van der Waals surface area contributed by atoms with E-state index in [9.17, 15) is 14.7 Å². The Hall–Kier alpha value is -2.67. The number of thiophene rings is 1. The van der Waals surface area contributed by atoms with Gasteiger partial charge in [-0.05, 0) is 23.6 Å². The summed E-state index contributed by atoms with van der Waals surface area (Å²) in [7, 11) is 1.29.